The summed E-state index contributed by atoms with van der Waals surface area (Å²) in [6.07, 6.45) is 0.0225. The van der Waals surface area contributed by atoms with E-state index in [-0.39, 0.29) is 22.4 Å². The molecule has 6 nitrogen and oxygen atoms in total. The molecule has 0 aliphatic heterocycles. The molecular weight excluding hydrogens is 418 g/mol. The molecule has 146 valence electrons. The topological polar surface area (TPSA) is 88.2 Å². The van der Waals surface area contributed by atoms with Crippen molar-refractivity contribution in [2.45, 2.75) is 25.2 Å². The lowest BCUT2D eigenvalue weighted by atomic mass is 10.2. The number of hydrogen-bond donors (Lipinski definition) is 2. The fourth-order valence-corrected chi connectivity index (χ4v) is 4.55. The number of aromatic nitrogens is 1. The number of hydrogen-bond acceptors (Lipinski definition) is 5. The Bertz CT molecular complexity index is 1110. The zero-order chi connectivity index (χ0) is 20.3. The summed E-state index contributed by atoms with van der Waals surface area (Å²) in [7, 11) is -3.72. The fraction of sp³-hybridized carbons (Fsp3) is 0.158. The van der Waals surface area contributed by atoms with E-state index >= 15 is 0 Å². The first-order chi connectivity index (χ1) is 13.2. The van der Waals surface area contributed by atoms with E-state index in [0.717, 1.165) is 22.5 Å². The molecule has 1 aromatic heterocycles. The lowest BCUT2D eigenvalue weighted by Crippen LogP contribution is -2.16. The van der Waals surface area contributed by atoms with Crippen molar-refractivity contribution in [2.24, 2.45) is 0 Å². The molecule has 0 bridgehead atoms. The molecule has 0 unspecified atom stereocenters. The SMILES string of the molecule is Cc1ccc(S(=O)(=O)Nc2nc(CC(=O)Nc3cc(Cl)ccc3C)cs2)cc1. The van der Waals surface area contributed by atoms with E-state index in [1.165, 1.54) is 12.1 Å². The minimum atomic E-state index is -3.72. The summed E-state index contributed by atoms with van der Waals surface area (Å²) in [6, 6.07) is 11.8. The molecule has 0 atom stereocenters. The second kappa shape index (κ2) is 8.30. The predicted molar refractivity (Wildman–Crippen MR) is 113 cm³/mol. The highest BCUT2D eigenvalue weighted by Gasteiger charge is 2.17. The molecule has 0 aliphatic carbocycles. The summed E-state index contributed by atoms with van der Waals surface area (Å²) >= 11 is 7.08. The standard InChI is InChI=1S/C19H18ClN3O3S2/c1-12-3-7-16(8-4-12)28(25,26)23-19-21-15(11-27-19)10-18(24)22-17-9-14(20)6-5-13(17)2/h3-9,11H,10H2,1-2H3,(H,21,23)(H,22,24). The number of halogens is 1. The highest BCUT2D eigenvalue weighted by atomic mass is 35.5. The number of amides is 1. The van der Waals surface area contributed by atoms with Gasteiger partial charge in [-0.05, 0) is 43.7 Å². The van der Waals surface area contributed by atoms with Crippen molar-refractivity contribution in [1.82, 2.24) is 4.98 Å². The molecule has 3 aromatic rings. The van der Waals surface area contributed by atoms with Gasteiger partial charge in [-0.2, -0.15) is 0 Å². The van der Waals surface area contributed by atoms with Crippen molar-refractivity contribution in [3.8, 4) is 0 Å². The van der Waals surface area contributed by atoms with Crippen molar-refractivity contribution in [1.29, 1.82) is 0 Å². The van der Waals surface area contributed by atoms with Gasteiger partial charge in [-0.25, -0.2) is 13.4 Å². The number of thiazole rings is 1. The molecule has 1 heterocycles. The van der Waals surface area contributed by atoms with Gasteiger partial charge in [-0.3, -0.25) is 9.52 Å². The Hall–Kier alpha value is -2.42. The molecule has 0 saturated carbocycles. The molecule has 0 aliphatic rings. The van der Waals surface area contributed by atoms with Crippen molar-refractivity contribution in [3.63, 3.8) is 0 Å². The van der Waals surface area contributed by atoms with E-state index in [2.05, 4.69) is 15.0 Å². The van der Waals surface area contributed by atoms with Crippen molar-refractivity contribution >= 4 is 49.7 Å². The molecule has 28 heavy (non-hydrogen) atoms. The Labute approximate surface area is 172 Å². The lowest BCUT2D eigenvalue weighted by molar-refractivity contribution is -0.115. The smallest absolute Gasteiger partial charge is 0.263 e. The van der Waals surface area contributed by atoms with Crippen molar-refractivity contribution in [2.75, 3.05) is 10.0 Å². The Morgan fingerprint density at radius 1 is 1.14 bits per heavy atom. The summed E-state index contributed by atoms with van der Waals surface area (Å²) in [6.45, 7) is 3.75. The molecule has 0 saturated heterocycles. The third kappa shape index (κ3) is 5.09. The van der Waals surface area contributed by atoms with E-state index in [0.29, 0.717) is 16.4 Å². The average molecular weight is 436 g/mol. The second-order valence-electron chi connectivity index (χ2n) is 6.25. The summed E-state index contributed by atoms with van der Waals surface area (Å²) in [5.41, 5.74) is 2.97. The monoisotopic (exact) mass is 435 g/mol. The van der Waals surface area contributed by atoms with Gasteiger partial charge >= 0.3 is 0 Å². The van der Waals surface area contributed by atoms with E-state index in [1.807, 2.05) is 19.9 Å². The molecule has 2 aromatic carbocycles. The largest absolute Gasteiger partial charge is 0.325 e. The van der Waals surface area contributed by atoms with Gasteiger partial charge in [0, 0.05) is 16.1 Å². The van der Waals surface area contributed by atoms with Crippen molar-refractivity contribution in [3.05, 3.63) is 69.7 Å². The highest BCUT2D eigenvalue weighted by molar-refractivity contribution is 7.93. The van der Waals surface area contributed by atoms with E-state index in [1.54, 1.807) is 29.6 Å². The number of nitrogens with one attached hydrogen (secondary N) is 2. The van der Waals surface area contributed by atoms with Crippen LogP contribution in [0.25, 0.3) is 0 Å². The molecule has 1 amide bonds. The van der Waals surface area contributed by atoms with E-state index in [4.69, 9.17) is 11.6 Å². The number of nitrogens with zero attached hydrogens (tertiary/aromatic N) is 1. The summed E-state index contributed by atoms with van der Waals surface area (Å²) in [5, 5.41) is 5.18. The van der Waals surface area contributed by atoms with Crippen LogP contribution in [-0.2, 0) is 21.2 Å². The fourth-order valence-electron chi connectivity index (χ4n) is 2.41. The first-order valence-corrected chi connectivity index (χ1v) is 11.1. The van der Waals surface area contributed by atoms with Crippen LogP contribution in [0, 0.1) is 13.8 Å². The maximum atomic E-state index is 12.4. The number of carbonyl (C=O) groups excluding carboxylic acids is 1. The van der Waals surface area contributed by atoms with Gasteiger partial charge < -0.3 is 5.32 Å². The number of anilines is 2. The van der Waals surface area contributed by atoms with Gasteiger partial charge in [0.05, 0.1) is 17.0 Å². The minimum Gasteiger partial charge on any atom is -0.325 e. The maximum Gasteiger partial charge on any atom is 0.263 e. The van der Waals surface area contributed by atoms with Crippen LogP contribution in [0.5, 0.6) is 0 Å². The van der Waals surface area contributed by atoms with Gasteiger partial charge in [0.15, 0.2) is 5.13 Å². The zero-order valence-electron chi connectivity index (χ0n) is 15.2. The highest BCUT2D eigenvalue weighted by Crippen LogP contribution is 2.22. The number of benzene rings is 2. The Morgan fingerprint density at radius 2 is 1.86 bits per heavy atom. The summed E-state index contributed by atoms with van der Waals surface area (Å²) in [4.78, 5) is 16.6. The Balaban J connectivity index is 1.66. The molecule has 9 heteroatoms. The van der Waals surface area contributed by atoms with Gasteiger partial charge in [0.2, 0.25) is 5.91 Å². The molecule has 2 N–H and O–H groups in total. The van der Waals surface area contributed by atoms with Gasteiger partial charge in [-0.15, -0.1) is 11.3 Å². The number of sulfonamides is 1. The minimum absolute atomic E-state index is 0.0225. The third-order valence-electron chi connectivity index (χ3n) is 3.92. The first kappa shape index (κ1) is 20.3. The van der Waals surface area contributed by atoms with Crippen LogP contribution in [0.2, 0.25) is 5.02 Å². The van der Waals surface area contributed by atoms with Gasteiger partial charge in [0.1, 0.15) is 0 Å². The quantitative estimate of drug-likeness (QED) is 0.600. The number of aryl methyl sites for hydroxylation is 2. The molecule has 0 fully saturated rings. The zero-order valence-corrected chi connectivity index (χ0v) is 17.6. The third-order valence-corrected chi connectivity index (χ3v) is 6.45. The van der Waals surface area contributed by atoms with Crippen LogP contribution in [0.15, 0.2) is 52.7 Å². The maximum absolute atomic E-state index is 12.4. The second-order valence-corrected chi connectivity index (χ2v) is 9.22. The van der Waals surface area contributed by atoms with E-state index in [9.17, 15) is 13.2 Å². The first-order valence-electron chi connectivity index (χ1n) is 8.33. The van der Waals surface area contributed by atoms with Crippen LogP contribution in [-0.4, -0.2) is 19.3 Å². The van der Waals surface area contributed by atoms with Gasteiger partial charge in [-0.1, -0.05) is 35.4 Å². The summed E-state index contributed by atoms with van der Waals surface area (Å²) < 4.78 is 27.3. The van der Waals surface area contributed by atoms with Crippen LogP contribution in [0.4, 0.5) is 10.8 Å². The Kier molecular flexibility index (Phi) is 6.02. The van der Waals surface area contributed by atoms with Crippen LogP contribution in [0.3, 0.4) is 0 Å². The van der Waals surface area contributed by atoms with Crippen molar-refractivity contribution < 1.29 is 13.2 Å². The van der Waals surface area contributed by atoms with Gasteiger partial charge in [0.25, 0.3) is 10.0 Å². The molecule has 0 spiro atoms. The van der Waals surface area contributed by atoms with E-state index < -0.39 is 10.0 Å². The number of rotatable bonds is 6. The Morgan fingerprint density at radius 3 is 2.57 bits per heavy atom. The van der Waals surface area contributed by atoms with Crippen LogP contribution < -0.4 is 10.0 Å². The summed E-state index contributed by atoms with van der Waals surface area (Å²) in [5.74, 6) is -0.261. The van der Waals surface area contributed by atoms with Crippen LogP contribution >= 0.6 is 22.9 Å². The van der Waals surface area contributed by atoms with Crippen LogP contribution in [0.1, 0.15) is 16.8 Å². The average Bonchev–Trinajstić information content (AvgIpc) is 3.04. The molecule has 3 rings (SSSR count). The molecule has 0 radical (unpaired) electrons. The normalized spacial score (nSPS) is 11.2. The predicted octanol–water partition coefficient (Wildman–Crippen LogP) is 4.40. The molecular formula is C19H18ClN3O3S2. The number of carbonyl (C=O) groups is 1. The lowest BCUT2D eigenvalue weighted by Gasteiger charge is -2.08.